The summed E-state index contributed by atoms with van der Waals surface area (Å²) in [6.07, 6.45) is 5.36. The summed E-state index contributed by atoms with van der Waals surface area (Å²) in [4.78, 5) is 40.1. The van der Waals surface area contributed by atoms with Crippen LogP contribution in [-0.4, -0.2) is 77.0 Å². The minimum atomic E-state index is -0.727. The molecule has 0 unspecified atom stereocenters. The number of halogens is 1. The van der Waals surface area contributed by atoms with Crippen LogP contribution in [0.4, 0.5) is 20.7 Å². The Kier molecular flexibility index (Phi) is 7.84. The number of anilines is 2. The first kappa shape index (κ1) is 24.9. The fraction of sp³-hybridized carbons (Fsp3) is 0.583. The first-order chi connectivity index (χ1) is 16.8. The zero-order chi connectivity index (χ0) is 24.9. The van der Waals surface area contributed by atoms with Gasteiger partial charge in [-0.1, -0.05) is 19.3 Å². The lowest BCUT2D eigenvalue weighted by Gasteiger charge is -2.36. The van der Waals surface area contributed by atoms with Gasteiger partial charge in [0.05, 0.1) is 5.69 Å². The minimum Gasteiger partial charge on any atom is -0.481 e. The van der Waals surface area contributed by atoms with Crippen LogP contribution in [0.2, 0.25) is 0 Å². The molecule has 0 atom stereocenters. The van der Waals surface area contributed by atoms with Gasteiger partial charge in [0.25, 0.3) is 0 Å². The third-order valence-electron chi connectivity index (χ3n) is 6.79. The second-order valence-corrected chi connectivity index (χ2v) is 9.24. The SMILES string of the molecule is Cn1nc(N2CCC(=O)NC2=O)c2ccc(N3CCN(CCCCCCCC(=O)O)CC3)c(F)c21. The summed E-state index contributed by atoms with van der Waals surface area (Å²) in [7, 11) is 1.66. The Labute approximate surface area is 203 Å². The van der Waals surface area contributed by atoms with E-state index in [-0.39, 0.29) is 31.1 Å². The summed E-state index contributed by atoms with van der Waals surface area (Å²) in [5.41, 5.74) is 0.871. The lowest BCUT2D eigenvalue weighted by atomic mass is 10.1. The van der Waals surface area contributed by atoms with Gasteiger partial charge in [-0.2, -0.15) is 5.10 Å². The molecular weight excluding hydrogens is 455 g/mol. The molecular formula is C24H33FN6O4. The van der Waals surface area contributed by atoms with E-state index in [1.807, 2.05) is 0 Å². The zero-order valence-corrected chi connectivity index (χ0v) is 20.1. The average molecular weight is 489 g/mol. The van der Waals surface area contributed by atoms with Crippen LogP contribution < -0.4 is 15.1 Å². The summed E-state index contributed by atoms with van der Waals surface area (Å²) in [6, 6.07) is 3.02. The fourth-order valence-electron chi connectivity index (χ4n) is 4.86. The van der Waals surface area contributed by atoms with Crippen LogP contribution in [0.25, 0.3) is 10.9 Å². The van der Waals surface area contributed by atoms with Crippen molar-refractivity contribution in [3.8, 4) is 0 Å². The van der Waals surface area contributed by atoms with Crippen LogP contribution in [0.3, 0.4) is 0 Å². The molecule has 0 radical (unpaired) electrons. The Morgan fingerprint density at radius 2 is 1.77 bits per heavy atom. The van der Waals surface area contributed by atoms with Crippen molar-refractivity contribution in [2.75, 3.05) is 49.1 Å². The number of nitrogens with zero attached hydrogens (tertiary/aromatic N) is 5. The number of imide groups is 1. The van der Waals surface area contributed by atoms with Gasteiger partial charge in [-0.3, -0.25) is 29.4 Å². The van der Waals surface area contributed by atoms with E-state index in [2.05, 4.69) is 20.2 Å². The van der Waals surface area contributed by atoms with Crippen molar-refractivity contribution in [2.24, 2.45) is 7.05 Å². The zero-order valence-electron chi connectivity index (χ0n) is 20.1. The number of nitrogens with one attached hydrogen (secondary N) is 1. The maximum absolute atomic E-state index is 15.6. The third-order valence-corrected chi connectivity index (χ3v) is 6.79. The number of carboxylic acid groups (broad SMARTS) is 1. The summed E-state index contributed by atoms with van der Waals surface area (Å²) in [6.45, 7) is 4.37. The summed E-state index contributed by atoms with van der Waals surface area (Å²) in [5, 5.41) is 15.9. The number of aliphatic carboxylic acids is 1. The van der Waals surface area contributed by atoms with E-state index in [4.69, 9.17) is 5.11 Å². The molecule has 3 amide bonds. The van der Waals surface area contributed by atoms with Crippen LogP contribution >= 0.6 is 0 Å². The van der Waals surface area contributed by atoms with Gasteiger partial charge >= 0.3 is 12.0 Å². The number of aromatic nitrogens is 2. The molecule has 0 spiro atoms. The second-order valence-electron chi connectivity index (χ2n) is 9.24. The number of fused-ring (bicyclic) bond motifs is 1. The number of aryl methyl sites for hydroxylation is 1. The fourth-order valence-corrected chi connectivity index (χ4v) is 4.86. The second kappa shape index (κ2) is 11.0. The quantitative estimate of drug-likeness (QED) is 0.495. The van der Waals surface area contributed by atoms with Crippen molar-refractivity contribution in [1.29, 1.82) is 0 Å². The van der Waals surface area contributed by atoms with E-state index in [0.29, 0.717) is 22.4 Å². The molecule has 0 aliphatic carbocycles. The first-order valence-electron chi connectivity index (χ1n) is 12.3. The maximum atomic E-state index is 15.6. The van der Waals surface area contributed by atoms with Crippen LogP contribution in [0, 0.1) is 5.82 Å². The number of piperazine rings is 1. The van der Waals surface area contributed by atoms with Gasteiger partial charge in [0.2, 0.25) is 5.91 Å². The number of hydrogen-bond donors (Lipinski definition) is 2. The molecule has 1 aromatic carbocycles. The van der Waals surface area contributed by atoms with Gasteiger partial charge in [-0.25, -0.2) is 9.18 Å². The number of hydrogen-bond acceptors (Lipinski definition) is 6. The summed E-state index contributed by atoms with van der Waals surface area (Å²) < 4.78 is 17.1. The van der Waals surface area contributed by atoms with E-state index in [1.165, 1.54) is 9.58 Å². The topological polar surface area (TPSA) is 111 Å². The largest absolute Gasteiger partial charge is 0.481 e. The summed E-state index contributed by atoms with van der Waals surface area (Å²) >= 11 is 0. The average Bonchev–Trinajstić information content (AvgIpc) is 3.16. The molecule has 2 fully saturated rings. The van der Waals surface area contributed by atoms with Gasteiger partial charge in [-0.05, 0) is 31.5 Å². The number of unbranched alkanes of at least 4 members (excludes halogenated alkanes) is 4. The third kappa shape index (κ3) is 5.72. The van der Waals surface area contributed by atoms with Gasteiger partial charge in [0.1, 0.15) is 5.52 Å². The molecule has 4 rings (SSSR count). The van der Waals surface area contributed by atoms with Crippen molar-refractivity contribution in [2.45, 2.75) is 44.9 Å². The minimum absolute atomic E-state index is 0.180. The first-order valence-corrected chi connectivity index (χ1v) is 12.3. The highest BCUT2D eigenvalue weighted by molar-refractivity contribution is 6.09. The Morgan fingerprint density at radius 3 is 2.49 bits per heavy atom. The highest BCUT2D eigenvalue weighted by Crippen LogP contribution is 2.33. The number of amides is 3. The van der Waals surface area contributed by atoms with Crippen molar-refractivity contribution in [1.82, 2.24) is 20.0 Å². The number of urea groups is 1. The highest BCUT2D eigenvalue weighted by atomic mass is 19.1. The lowest BCUT2D eigenvalue weighted by Crippen LogP contribution is -2.49. The highest BCUT2D eigenvalue weighted by Gasteiger charge is 2.30. The van der Waals surface area contributed by atoms with Crippen LogP contribution in [0.5, 0.6) is 0 Å². The monoisotopic (exact) mass is 488 g/mol. The smallest absolute Gasteiger partial charge is 0.329 e. The van der Waals surface area contributed by atoms with E-state index in [0.717, 1.165) is 64.8 Å². The Hall–Kier alpha value is -3.21. The van der Waals surface area contributed by atoms with Crippen LogP contribution in [0.1, 0.15) is 44.9 Å². The normalized spacial score (nSPS) is 17.3. The Balaban J connectivity index is 1.33. The van der Waals surface area contributed by atoms with Crippen molar-refractivity contribution < 1.29 is 23.9 Å². The van der Waals surface area contributed by atoms with E-state index >= 15 is 4.39 Å². The van der Waals surface area contributed by atoms with Crippen molar-refractivity contribution in [3.63, 3.8) is 0 Å². The molecule has 1 aromatic heterocycles. The van der Waals surface area contributed by atoms with Crippen LogP contribution in [-0.2, 0) is 16.6 Å². The van der Waals surface area contributed by atoms with Gasteiger partial charge in [0.15, 0.2) is 11.6 Å². The molecule has 2 aliphatic heterocycles. The number of carbonyl (C=O) groups excluding carboxylic acids is 2. The van der Waals surface area contributed by atoms with Gasteiger partial charge < -0.3 is 10.0 Å². The number of carboxylic acids is 1. The van der Waals surface area contributed by atoms with E-state index in [1.54, 1.807) is 19.2 Å². The molecule has 190 valence electrons. The predicted octanol–water partition coefficient (Wildman–Crippen LogP) is 2.71. The molecule has 0 saturated carbocycles. The van der Waals surface area contributed by atoms with E-state index < -0.39 is 12.0 Å². The Bertz CT molecular complexity index is 1100. The molecule has 10 nitrogen and oxygen atoms in total. The Morgan fingerprint density at radius 1 is 1.06 bits per heavy atom. The molecule has 3 heterocycles. The van der Waals surface area contributed by atoms with E-state index in [9.17, 15) is 14.4 Å². The molecule has 2 saturated heterocycles. The lowest BCUT2D eigenvalue weighted by molar-refractivity contribution is -0.137. The number of carbonyl (C=O) groups is 3. The predicted molar refractivity (Wildman–Crippen MR) is 130 cm³/mol. The summed E-state index contributed by atoms with van der Waals surface area (Å²) in [5.74, 6) is -1.05. The van der Waals surface area contributed by atoms with Gasteiger partial charge in [-0.15, -0.1) is 0 Å². The maximum Gasteiger partial charge on any atom is 0.329 e. The molecule has 2 aromatic rings. The van der Waals surface area contributed by atoms with Crippen molar-refractivity contribution >= 4 is 40.3 Å². The number of benzene rings is 1. The molecule has 0 bridgehead atoms. The standard InChI is InChI=1S/C24H33FN6O4/c1-28-22-17(23(27-28)31-12-10-19(32)26-24(31)35)8-9-18(21(22)25)30-15-13-29(14-16-30)11-6-4-2-3-5-7-20(33)34/h8-9H,2-7,10-16H2,1H3,(H,33,34)(H,26,32,35). The molecule has 35 heavy (non-hydrogen) atoms. The molecule has 11 heteroatoms. The number of rotatable bonds is 10. The van der Waals surface area contributed by atoms with Crippen molar-refractivity contribution in [3.05, 3.63) is 17.9 Å². The molecule has 2 N–H and O–H groups in total. The molecule has 2 aliphatic rings. The van der Waals surface area contributed by atoms with Crippen LogP contribution in [0.15, 0.2) is 12.1 Å². The van der Waals surface area contributed by atoms with Gasteiger partial charge in [0, 0.05) is 58.0 Å².